The minimum absolute atomic E-state index is 0.0607. The van der Waals surface area contributed by atoms with Crippen molar-refractivity contribution in [1.29, 1.82) is 10.5 Å². The number of nitrogens with zero attached hydrogens (tertiary/aromatic N) is 2. The molecule has 3 rings (SSSR count). The van der Waals surface area contributed by atoms with Gasteiger partial charge in [0.2, 0.25) is 0 Å². The average molecular weight is 554 g/mol. The van der Waals surface area contributed by atoms with Crippen LogP contribution < -0.4 is 5.32 Å². The van der Waals surface area contributed by atoms with Crippen LogP contribution >= 0.6 is 34.2 Å². The molecule has 1 unspecified atom stereocenters. The van der Waals surface area contributed by atoms with Crippen molar-refractivity contribution in [2.45, 2.75) is 42.2 Å². The lowest BCUT2D eigenvalue weighted by Crippen LogP contribution is -2.36. The van der Waals surface area contributed by atoms with Gasteiger partial charge >= 0.3 is 0 Å². The van der Waals surface area contributed by atoms with E-state index in [1.807, 2.05) is 42.5 Å². The summed E-state index contributed by atoms with van der Waals surface area (Å²) in [6.07, 6.45) is 1.18. The van der Waals surface area contributed by atoms with Crippen molar-refractivity contribution in [3.63, 3.8) is 0 Å². The van der Waals surface area contributed by atoms with Crippen LogP contribution in [0.1, 0.15) is 53.1 Å². The maximum Gasteiger partial charge on any atom is 0.0991 e. The first-order valence-corrected chi connectivity index (χ1v) is 12.5. The molecule has 0 aliphatic rings. The first-order valence-electron chi connectivity index (χ1n) is 10.6. The van der Waals surface area contributed by atoms with E-state index in [9.17, 15) is 10.5 Å². The van der Waals surface area contributed by atoms with Gasteiger partial charge in [-0.1, -0.05) is 82.7 Å². The third-order valence-corrected chi connectivity index (χ3v) is 6.81. The molecule has 0 spiro atoms. The summed E-state index contributed by atoms with van der Waals surface area (Å²) in [5.41, 5.74) is 5.33. The molecule has 3 aromatic carbocycles. The van der Waals surface area contributed by atoms with Crippen molar-refractivity contribution in [2.75, 3.05) is 0 Å². The molecule has 0 bridgehead atoms. The molecule has 0 aromatic heterocycles. The average Bonchev–Trinajstić information content (AvgIpc) is 2.82. The van der Waals surface area contributed by atoms with Crippen LogP contribution in [0, 0.1) is 22.7 Å². The fourth-order valence-corrected chi connectivity index (χ4v) is 4.67. The SMILES string of the molecule is C[C@H](NC(CC#N)c1cccc(Cl)c1)[C@@H](Cc1ccc(CI)cc1)c1cccc(C#N)c1. The maximum absolute atomic E-state index is 9.43. The first kappa shape index (κ1) is 24.3. The van der Waals surface area contributed by atoms with Crippen LogP contribution in [0.3, 0.4) is 0 Å². The van der Waals surface area contributed by atoms with Gasteiger partial charge in [0.15, 0.2) is 0 Å². The molecule has 0 heterocycles. The van der Waals surface area contributed by atoms with Gasteiger partial charge in [0.05, 0.1) is 24.1 Å². The lowest BCUT2D eigenvalue weighted by atomic mass is 9.85. The van der Waals surface area contributed by atoms with E-state index in [2.05, 4.69) is 77.3 Å². The number of nitrogens with one attached hydrogen (secondary N) is 1. The fraction of sp³-hybridized carbons (Fsp3) is 0.259. The molecule has 0 fully saturated rings. The van der Waals surface area contributed by atoms with E-state index in [0.29, 0.717) is 17.0 Å². The van der Waals surface area contributed by atoms with Crippen molar-refractivity contribution in [1.82, 2.24) is 5.32 Å². The fourth-order valence-electron chi connectivity index (χ4n) is 3.96. The van der Waals surface area contributed by atoms with Crippen molar-refractivity contribution in [3.05, 3.63) is 106 Å². The molecule has 0 saturated heterocycles. The molecule has 0 aliphatic carbocycles. The van der Waals surface area contributed by atoms with Gasteiger partial charge in [-0.05, 0) is 59.9 Å². The predicted molar refractivity (Wildman–Crippen MR) is 139 cm³/mol. The summed E-state index contributed by atoms with van der Waals surface area (Å²) in [4.78, 5) is 0. The second-order valence-corrected chi connectivity index (χ2v) is 9.12. The predicted octanol–water partition coefficient (Wildman–Crippen LogP) is 7.11. The second-order valence-electron chi connectivity index (χ2n) is 7.92. The molecule has 3 aromatic rings. The van der Waals surface area contributed by atoms with Gasteiger partial charge in [-0.25, -0.2) is 0 Å². The third kappa shape index (κ3) is 6.56. The highest BCUT2D eigenvalue weighted by atomic mass is 127. The molecule has 162 valence electrons. The molecule has 0 radical (unpaired) electrons. The smallest absolute Gasteiger partial charge is 0.0991 e. The van der Waals surface area contributed by atoms with Crippen molar-refractivity contribution in [2.24, 2.45) is 0 Å². The highest BCUT2D eigenvalue weighted by Gasteiger charge is 2.24. The number of hydrogen-bond acceptors (Lipinski definition) is 3. The summed E-state index contributed by atoms with van der Waals surface area (Å²) < 4.78 is 0.985. The number of rotatable bonds is 9. The maximum atomic E-state index is 9.43. The van der Waals surface area contributed by atoms with Crippen molar-refractivity contribution >= 4 is 34.2 Å². The van der Waals surface area contributed by atoms with Crippen LogP contribution in [0.25, 0.3) is 0 Å². The molecule has 0 amide bonds. The minimum atomic E-state index is -0.128. The van der Waals surface area contributed by atoms with E-state index in [4.69, 9.17) is 11.6 Å². The molecule has 1 N–H and O–H groups in total. The normalized spacial score (nSPS) is 13.5. The Hall–Kier alpha value is -2.38. The Morgan fingerprint density at radius 3 is 2.28 bits per heavy atom. The number of benzene rings is 3. The van der Waals surface area contributed by atoms with Crippen LogP contribution in [0.4, 0.5) is 0 Å². The Balaban J connectivity index is 1.91. The molecular weight excluding hydrogens is 529 g/mol. The van der Waals surface area contributed by atoms with E-state index in [1.54, 1.807) is 0 Å². The summed E-state index contributed by atoms with van der Waals surface area (Å²) in [6.45, 7) is 2.15. The van der Waals surface area contributed by atoms with Crippen LogP contribution in [0.15, 0.2) is 72.8 Å². The Bertz CT molecular complexity index is 1110. The number of alkyl halides is 1. The first-order chi connectivity index (χ1) is 15.5. The lowest BCUT2D eigenvalue weighted by molar-refractivity contribution is 0.401. The molecular formula is C27H25ClIN3. The summed E-state index contributed by atoms with van der Waals surface area (Å²) in [7, 11) is 0. The van der Waals surface area contributed by atoms with Gasteiger partial charge in [-0.2, -0.15) is 10.5 Å². The van der Waals surface area contributed by atoms with Crippen molar-refractivity contribution < 1.29 is 0 Å². The lowest BCUT2D eigenvalue weighted by Gasteiger charge is -2.30. The zero-order valence-electron chi connectivity index (χ0n) is 17.9. The van der Waals surface area contributed by atoms with Gasteiger partial charge in [0, 0.05) is 27.5 Å². The molecule has 3 atom stereocenters. The van der Waals surface area contributed by atoms with E-state index >= 15 is 0 Å². The van der Waals surface area contributed by atoms with Gasteiger partial charge in [0.1, 0.15) is 0 Å². The van der Waals surface area contributed by atoms with E-state index in [1.165, 1.54) is 11.1 Å². The largest absolute Gasteiger partial charge is 0.306 e. The summed E-state index contributed by atoms with van der Waals surface area (Å²) in [6, 6.07) is 28.7. The quantitative estimate of drug-likeness (QED) is 0.227. The Morgan fingerprint density at radius 2 is 1.62 bits per heavy atom. The zero-order valence-corrected chi connectivity index (χ0v) is 20.8. The Kier molecular flexibility index (Phi) is 9.11. The van der Waals surface area contributed by atoms with Crippen molar-refractivity contribution in [3.8, 4) is 12.1 Å². The standard InChI is InChI=1S/C27H25ClIN3/c1-19(32-27(12-13-30)24-6-3-7-25(28)16-24)26(23-5-2-4-22(14-23)18-31)15-20-8-10-21(17-29)11-9-20/h2-11,14,16,19,26-27,32H,12,15,17H2,1H3/t19-,26+,27?/m0/s1. The number of hydrogen-bond donors (Lipinski definition) is 1. The second kappa shape index (κ2) is 12.0. The van der Waals surface area contributed by atoms with Gasteiger partial charge in [0.25, 0.3) is 0 Å². The molecule has 0 aliphatic heterocycles. The topological polar surface area (TPSA) is 59.6 Å². The van der Waals surface area contributed by atoms with E-state index in [-0.39, 0.29) is 18.0 Å². The van der Waals surface area contributed by atoms with Crippen LogP contribution in [0.5, 0.6) is 0 Å². The van der Waals surface area contributed by atoms with E-state index < -0.39 is 0 Å². The highest BCUT2D eigenvalue weighted by Crippen LogP contribution is 2.29. The Morgan fingerprint density at radius 1 is 0.938 bits per heavy atom. The van der Waals surface area contributed by atoms with Crippen LogP contribution in [-0.2, 0) is 10.8 Å². The summed E-state index contributed by atoms with van der Waals surface area (Å²) in [5.74, 6) is 0.133. The van der Waals surface area contributed by atoms with Gasteiger partial charge < -0.3 is 5.32 Å². The number of nitriles is 2. The van der Waals surface area contributed by atoms with Gasteiger partial charge in [-0.15, -0.1) is 0 Å². The monoisotopic (exact) mass is 553 g/mol. The van der Waals surface area contributed by atoms with Gasteiger partial charge in [-0.3, -0.25) is 0 Å². The molecule has 3 nitrogen and oxygen atoms in total. The minimum Gasteiger partial charge on any atom is -0.306 e. The molecule has 0 saturated carbocycles. The molecule has 5 heteroatoms. The third-order valence-electron chi connectivity index (χ3n) is 5.69. The summed E-state index contributed by atoms with van der Waals surface area (Å²) in [5, 5.41) is 23.2. The summed E-state index contributed by atoms with van der Waals surface area (Å²) >= 11 is 8.58. The van der Waals surface area contributed by atoms with Crippen LogP contribution in [0.2, 0.25) is 5.02 Å². The number of halogens is 2. The zero-order chi connectivity index (χ0) is 22.9. The van der Waals surface area contributed by atoms with E-state index in [0.717, 1.165) is 22.0 Å². The molecule has 32 heavy (non-hydrogen) atoms. The van der Waals surface area contributed by atoms with Crippen LogP contribution in [-0.4, -0.2) is 6.04 Å². The Labute approximate surface area is 209 Å². The highest BCUT2D eigenvalue weighted by molar-refractivity contribution is 14.1.